The van der Waals surface area contributed by atoms with Gasteiger partial charge in [-0.25, -0.2) is 0 Å². The number of rotatable bonds is 5. The zero-order chi connectivity index (χ0) is 13.9. The van der Waals surface area contributed by atoms with Gasteiger partial charge >= 0.3 is 18.5 Å². The second-order valence-corrected chi connectivity index (χ2v) is 2.93. The summed E-state index contributed by atoms with van der Waals surface area (Å²) in [5.41, 5.74) is 0. The molecule has 0 aromatic rings. The molecule has 0 aromatic carbocycles. The number of hydrogen-bond acceptors (Lipinski definition) is 3. The molecular formula is C8H11F6O3. The number of ether oxygens (including phenoxy) is 3. The van der Waals surface area contributed by atoms with Gasteiger partial charge in [0.15, 0.2) is 0 Å². The number of alkyl halides is 6. The van der Waals surface area contributed by atoms with Crippen LogP contribution in [0.3, 0.4) is 0 Å². The molecule has 9 heteroatoms. The second-order valence-electron chi connectivity index (χ2n) is 2.93. The van der Waals surface area contributed by atoms with E-state index in [9.17, 15) is 26.3 Å². The van der Waals surface area contributed by atoms with Crippen LogP contribution in [0, 0.1) is 6.10 Å². The summed E-state index contributed by atoms with van der Waals surface area (Å²) in [4.78, 5) is 0. The highest BCUT2D eigenvalue weighted by Crippen LogP contribution is 2.44. The van der Waals surface area contributed by atoms with Crippen molar-refractivity contribution in [3.05, 3.63) is 6.10 Å². The lowest BCUT2D eigenvalue weighted by Gasteiger charge is -2.32. The summed E-state index contributed by atoms with van der Waals surface area (Å²) >= 11 is 0. The Balaban J connectivity index is 4.99. The van der Waals surface area contributed by atoms with Crippen LogP contribution in [0.15, 0.2) is 0 Å². The van der Waals surface area contributed by atoms with Gasteiger partial charge in [-0.05, 0) is 6.92 Å². The van der Waals surface area contributed by atoms with Gasteiger partial charge in [-0.3, -0.25) is 4.74 Å². The highest BCUT2D eigenvalue weighted by Gasteiger charge is 2.62. The molecular weight excluding hydrogens is 258 g/mol. The minimum absolute atomic E-state index is 0.187. The molecule has 1 unspecified atom stereocenters. The molecule has 0 saturated heterocycles. The third kappa shape index (κ3) is 5.09. The van der Waals surface area contributed by atoms with E-state index >= 15 is 0 Å². The van der Waals surface area contributed by atoms with E-state index < -0.39 is 24.4 Å². The van der Waals surface area contributed by atoms with Gasteiger partial charge in [-0.15, -0.1) is 0 Å². The maximum Gasteiger partial charge on any atom is 0.430 e. The predicted octanol–water partition coefficient (Wildman–Crippen LogP) is 3.02. The first kappa shape index (κ1) is 16.5. The van der Waals surface area contributed by atoms with Crippen LogP contribution in [-0.4, -0.2) is 32.0 Å². The van der Waals surface area contributed by atoms with Crippen LogP contribution >= 0.6 is 0 Å². The lowest BCUT2D eigenvalue weighted by molar-refractivity contribution is -0.399. The van der Waals surface area contributed by atoms with Crippen molar-refractivity contribution in [2.75, 3.05) is 13.7 Å². The second kappa shape index (κ2) is 5.40. The Morgan fingerprint density at radius 2 is 1.41 bits per heavy atom. The van der Waals surface area contributed by atoms with Crippen LogP contribution in [0.2, 0.25) is 0 Å². The van der Waals surface area contributed by atoms with Crippen LogP contribution in [0.25, 0.3) is 0 Å². The van der Waals surface area contributed by atoms with Crippen LogP contribution < -0.4 is 0 Å². The fraction of sp³-hybridized carbons (Fsp3) is 0.875. The first-order valence-electron chi connectivity index (χ1n) is 4.35. The Kier molecular flexibility index (Phi) is 5.23. The molecule has 0 N–H and O–H groups in total. The molecule has 103 valence electrons. The summed E-state index contributed by atoms with van der Waals surface area (Å²) in [6.45, 7) is 1.97. The first-order chi connectivity index (χ1) is 7.46. The van der Waals surface area contributed by atoms with Gasteiger partial charge in [0.05, 0.1) is 0 Å². The summed E-state index contributed by atoms with van der Waals surface area (Å²) in [5.74, 6) is -2.45. The molecule has 0 saturated carbocycles. The minimum atomic E-state index is -5.69. The molecule has 0 amide bonds. The molecule has 0 fully saturated rings. The smallest absolute Gasteiger partial charge is 0.331 e. The van der Waals surface area contributed by atoms with Crippen molar-refractivity contribution in [2.45, 2.75) is 32.2 Å². The molecule has 3 nitrogen and oxygen atoms in total. The Morgan fingerprint density at radius 1 is 1.00 bits per heavy atom. The molecule has 17 heavy (non-hydrogen) atoms. The molecule has 0 heterocycles. The van der Waals surface area contributed by atoms with E-state index in [-0.39, 0.29) is 6.61 Å². The molecule has 0 spiro atoms. The van der Waals surface area contributed by atoms with Crippen molar-refractivity contribution in [3.8, 4) is 0 Å². The van der Waals surface area contributed by atoms with Gasteiger partial charge in [0.1, 0.15) is 0 Å². The highest BCUT2D eigenvalue weighted by atomic mass is 19.4. The number of halogens is 6. The van der Waals surface area contributed by atoms with E-state index in [1.165, 1.54) is 6.92 Å². The Bertz CT molecular complexity index is 224. The molecule has 0 aromatic heterocycles. The maximum atomic E-state index is 12.1. The molecule has 1 radical (unpaired) electrons. The van der Waals surface area contributed by atoms with Crippen LogP contribution in [-0.2, 0) is 14.2 Å². The maximum absolute atomic E-state index is 12.1. The SMILES string of the molecule is CCOC(C)(OC)O[C](C(F)(F)F)C(F)(F)F. The lowest BCUT2D eigenvalue weighted by atomic mass is 10.3. The van der Waals surface area contributed by atoms with Crippen molar-refractivity contribution in [1.29, 1.82) is 0 Å². The fourth-order valence-electron chi connectivity index (χ4n) is 0.854. The molecule has 0 aliphatic carbocycles. The van der Waals surface area contributed by atoms with E-state index in [1.54, 1.807) is 0 Å². The van der Waals surface area contributed by atoms with Gasteiger partial charge in [-0.1, -0.05) is 0 Å². The quantitative estimate of drug-likeness (QED) is 0.567. The Labute approximate surface area is 93.6 Å². The van der Waals surface area contributed by atoms with E-state index in [2.05, 4.69) is 14.2 Å². The molecule has 1 atom stereocenters. The summed E-state index contributed by atoms with van der Waals surface area (Å²) < 4.78 is 85.4. The third-order valence-corrected chi connectivity index (χ3v) is 1.58. The highest BCUT2D eigenvalue weighted by molar-refractivity contribution is 4.96. The van der Waals surface area contributed by atoms with E-state index in [1.807, 2.05) is 0 Å². The Hall–Kier alpha value is -0.540. The van der Waals surface area contributed by atoms with Gasteiger partial charge < -0.3 is 9.47 Å². The summed E-state index contributed by atoms with van der Waals surface area (Å²) in [6.07, 6.45) is -14.4. The molecule has 0 bridgehead atoms. The van der Waals surface area contributed by atoms with Gasteiger partial charge in [0.2, 0.25) is 0 Å². The third-order valence-electron chi connectivity index (χ3n) is 1.58. The minimum Gasteiger partial charge on any atom is -0.331 e. The topological polar surface area (TPSA) is 27.7 Å². The summed E-state index contributed by atoms with van der Waals surface area (Å²) in [6, 6.07) is 0. The van der Waals surface area contributed by atoms with Crippen molar-refractivity contribution in [1.82, 2.24) is 0 Å². The Morgan fingerprint density at radius 3 is 1.65 bits per heavy atom. The summed E-state index contributed by atoms with van der Waals surface area (Å²) in [5, 5.41) is 0. The number of hydrogen-bond donors (Lipinski definition) is 0. The van der Waals surface area contributed by atoms with E-state index in [4.69, 9.17) is 0 Å². The largest absolute Gasteiger partial charge is 0.430 e. The molecule has 0 aliphatic heterocycles. The van der Waals surface area contributed by atoms with Crippen molar-refractivity contribution in [2.24, 2.45) is 0 Å². The normalized spacial score (nSPS) is 17.3. The standard InChI is InChI=1S/C8H11F6O3/c1-4-16-6(2,15-3)17-5(7(9,10)11)8(12,13)14/h4H2,1-3H3. The van der Waals surface area contributed by atoms with Crippen molar-refractivity contribution < 1.29 is 40.6 Å². The van der Waals surface area contributed by atoms with Crippen LogP contribution in [0.5, 0.6) is 0 Å². The van der Waals surface area contributed by atoms with Gasteiger partial charge in [0.25, 0.3) is 5.97 Å². The molecule has 0 aliphatic rings. The van der Waals surface area contributed by atoms with Gasteiger partial charge in [0, 0.05) is 20.6 Å². The van der Waals surface area contributed by atoms with E-state index in [0.29, 0.717) is 0 Å². The zero-order valence-electron chi connectivity index (χ0n) is 9.20. The predicted molar refractivity (Wildman–Crippen MR) is 43.5 cm³/mol. The average Bonchev–Trinajstić information content (AvgIpc) is 2.11. The summed E-state index contributed by atoms with van der Waals surface area (Å²) in [7, 11) is 0.861. The fourth-order valence-corrected chi connectivity index (χ4v) is 0.854. The van der Waals surface area contributed by atoms with Crippen LogP contribution in [0.4, 0.5) is 26.3 Å². The van der Waals surface area contributed by atoms with Crippen molar-refractivity contribution in [3.63, 3.8) is 0 Å². The monoisotopic (exact) mass is 269 g/mol. The van der Waals surface area contributed by atoms with Crippen molar-refractivity contribution >= 4 is 0 Å². The first-order valence-corrected chi connectivity index (χ1v) is 4.35. The zero-order valence-corrected chi connectivity index (χ0v) is 9.20. The number of methoxy groups -OCH3 is 1. The van der Waals surface area contributed by atoms with Crippen LogP contribution in [0.1, 0.15) is 13.8 Å². The molecule has 0 rings (SSSR count). The average molecular weight is 269 g/mol. The van der Waals surface area contributed by atoms with Gasteiger partial charge in [-0.2, -0.15) is 26.3 Å². The van der Waals surface area contributed by atoms with E-state index in [0.717, 1.165) is 14.0 Å². The lowest BCUT2D eigenvalue weighted by Crippen LogP contribution is -2.45.